The Kier molecular flexibility index (Phi) is 4.71. The Bertz CT molecular complexity index is 613. The fourth-order valence-corrected chi connectivity index (χ4v) is 4.66. The van der Waals surface area contributed by atoms with E-state index in [-0.39, 0.29) is 16.2 Å². The number of hydrogen-bond acceptors (Lipinski definition) is 4. The van der Waals surface area contributed by atoms with Crippen LogP contribution in [0.4, 0.5) is 0 Å². The highest BCUT2D eigenvalue weighted by Gasteiger charge is 2.42. The fourth-order valence-electron chi connectivity index (χ4n) is 2.10. The smallest absolute Gasteiger partial charge is 0.240 e. The zero-order valence-electron chi connectivity index (χ0n) is 11.6. The van der Waals surface area contributed by atoms with E-state index in [4.69, 9.17) is 17.3 Å². The molecule has 1 saturated carbocycles. The zero-order chi connectivity index (χ0) is 15.0. The lowest BCUT2D eigenvalue weighted by molar-refractivity contribution is 0.579. The van der Waals surface area contributed by atoms with Crippen LogP contribution in [-0.2, 0) is 16.6 Å². The number of nitrogens with two attached hydrogens (primary N) is 1. The van der Waals surface area contributed by atoms with E-state index >= 15 is 0 Å². The first-order valence-electron chi connectivity index (χ1n) is 6.37. The zero-order valence-corrected chi connectivity index (χ0v) is 14.0. The van der Waals surface area contributed by atoms with E-state index in [9.17, 15) is 8.42 Å². The lowest BCUT2D eigenvalue weighted by Crippen LogP contribution is -2.32. The number of sulfonamides is 1. The molecule has 7 heteroatoms. The summed E-state index contributed by atoms with van der Waals surface area (Å²) < 4.78 is 27.7. The fraction of sp³-hybridized carbons (Fsp3) is 0.538. The maximum atomic E-state index is 12.4. The van der Waals surface area contributed by atoms with Crippen molar-refractivity contribution in [2.75, 3.05) is 12.8 Å². The number of rotatable bonds is 6. The van der Waals surface area contributed by atoms with Crippen LogP contribution in [-0.4, -0.2) is 26.0 Å². The number of benzene rings is 1. The van der Waals surface area contributed by atoms with Gasteiger partial charge in [-0.25, -0.2) is 13.1 Å². The van der Waals surface area contributed by atoms with Gasteiger partial charge in [-0.2, -0.15) is 11.8 Å². The highest BCUT2D eigenvalue weighted by molar-refractivity contribution is 8.00. The van der Waals surface area contributed by atoms with Crippen molar-refractivity contribution in [2.45, 2.75) is 36.0 Å². The van der Waals surface area contributed by atoms with Gasteiger partial charge in [-0.15, -0.1) is 0 Å². The lowest BCUT2D eigenvalue weighted by Gasteiger charge is -2.16. The first kappa shape index (κ1) is 16.1. The highest BCUT2D eigenvalue weighted by atomic mass is 35.5. The molecule has 2 rings (SSSR count). The van der Waals surface area contributed by atoms with Gasteiger partial charge in [0.25, 0.3) is 0 Å². The number of hydrogen-bond donors (Lipinski definition) is 2. The van der Waals surface area contributed by atoms with Gasteiger partial charge in [0.2, 0.25) is 10.0 Å². The maximum Gasteiger partial charge on any atom is 0.240 e. The largest absolute Gasteiger partial charge is 0.326 e. The Labute approximate surface area is 129 Å². The SMILES string of the molecule is CSC1(CNS(=O)(=O)c2cc(Cl)cc(CN)c2C)CC1. The molecule has 1 aromatic rings. The first-order valence-corrected chi connectivity index (χ1v) is 9.46. The molecule has 0 spiro atoms. The van der Waals surface area contributed by atoms with Gasteiger partial charge in [0.05, 0.1) is 4.90 Å². The van der Waals surface area contributed by atoms with Gasteiger partial charge in [0.1, 0.15) is 0 Å². The molecule has 0 radical (unpaired) electrons. The lowest BCUT2D eigenvalue weighted by atomic mass is 10.1. The van der Waals surface area contributed by atoms with E-state index in [1.165, 1.54) is 6.07 Å². The normalized spacial score (nSPS) is 17.2. The molecule has 1 aliphatic rings. The van der Waals surface area contributed by atoms with Gasteiger partial charge in [-0.1, -0.05) is 11.6 Å². The second-order valence-electron chi connectivity index (χ2n) is 5.10. The summed E-state index contributed by atoms with van der Waals surface area (Å²) in [7, 11) is -3.55. The van der Waals surface area contributed by atoms with Crippen LogP contribution in [0.15, 0.2) is 17.0 Å². The van der Waals surface area contributed by atoms with E-state index in [0.29, 0.717) is 17.1 Å². The summed E-state index contributed by atoms with van der Waals surface area (Å²) in [6.45, 7) is 2.48. The standard InChI is InChI=1S/C13H19ClN2O2S2/c1-9-10(7-15)5-11(14)6-12(9)20(17,18)16-8-13(19-2)3-4-13/h5-6,16H,3-4,7-8,15H2,1-2H3. The molecule has 0 unspecified atom stereocenters. The number of nitrogens with one attached hydrogen (secondary N) is 1. The van der Waals surface area contributed by atoms with Gasteiger partial charge in [-0.3, -0.25) is 0 Å². The summed E-state index contributed by atoms with van der Waals surface area (Å²) in [4.78, 5) is 0.224. The van der Waals surface area contributed by atoms with Crippen LogP contribution < -0.4 is 10.5 Å². The summed E-state index contributed by atoms with van der Waals surface area (Å²) >= 11 is 7.70. The van der Waals surface area contributed by atoms with Gasteiger partial charge >= 0.3 is 0 Å². The molecule has 1 aromatic carbocycles. The van der Waals surface area contributed by atoms with Gasteiger partial charge in [0, 0.05) is 22.9 Å². The number of halogens is 1. The Hall–Kier alpha value is -0.270. The molecule has 0 atom stereocenters. The van der Waals surface area contributed by atoms with Crippen molar-refractivity contribution < 1.29 is 8.42 Å². The Morgan fingerprint density at radius 1 is 1.45 bits per heavy atom. The molecular weight excluding hydrogens is 316 g/mol. The minimum absolute atomic E-state index is 0.0796. The third-order valence-corrected chi connectivity index (χ3v) is 6.93. The Morgan fingerprint density at radius 3 is 2.60 bits per heavy atom. The molecule has 1 fully saturated rings. The van der Waals surface area contributed by atoms with E-state index in [1.807, 2.05) is 6.26 Å². The minimum atomic E-state index is -3.55. The van der Waals surface area contributed by atoms with E-state index < -0.39 is 10.0 Å². The second kappa shape index (κ2) is 5.85. The molecule has 1 aliphatic carbocycles. The molecular formula is C13H19ClN2O2S2. The van der Waals surface area contributed by atoms with Crippen LogP contribution in [0.2, 0.25) is 5.02 Å². The van der Waals surface area contributed by atoms with E-state index in [1.54, 1.807) is 24.8 Å². The Balaban J connectivity index is 2.27. The van der Waals surface area contributed by atoms with Crippen molar-refractivity contribution in [2.24, 2.45) is 5.73 Å². The first-order chi connectivity index (χ1) is 9.33. The highest BCUT2D eigenvalue weighted by Crippen LogP contribution is 2.46. The maximum absolute atomic E-state index is 12.4. The molecule has 0 bridgehead atoms. The average molecular weight is 335 g/mol. The minimum Gasteiger partial charge on any atom is -0.326 e. The van der Waals surface area contributed by atoms with Gasteiger partial charge < -0.3 is 5.73 Å². The van der Waals surface area contributed by atoms with Crippen molar-refractivity contribution in [3.8, 4) is 0 Å². The molecule has 0 aromatic heterocycles. The van der Waals surface area contributed by atoms with Crippen LogP contribution in [0.25, 0.3) is 0 Å². The quantitative estimate of drug-likeness (QED) is 0.837. The molecule has 20 heavy (non-hydrogen) atoms. The molecule has 0 aliphatic heterocycles. The van der Waals surface area contributed by atoms with Crippen LogP contribution >= 0.6 is 23.4 Å². The van der Waals surface area contributed by atoms with Crippen molar-refractivity contribution in [3.63, 3.8) is 0 Å². The van der Waals surface area contributed by atoms with Crippen molar-refractivity contribution in [3.05, 3.63) is 28.3 Å². The second-order valence-corrected chi connectivity index (χ2v) is 8.55. The molecule has 0 saturated heterocycles. The molecule has 0 amide bonds. The molecule has 3 N–H and O–H groups in total. The van der Waals surface area contributed by atoms with Crippen molar-refractivity contribution >= 4 is 33.4 Å². The summed E-state index contributed by atoms with van der Waals surface area (Å²) in [5.74, 6) is 0. The van der Waals surface area contributed by atoms with Crippen molar-refractivity contribution in [1.82, 2.24) is 4.72 Å². The van der Waals surface area contributed by atoms with Gasteiger partial charge in [0.15, 0.2) is 0 Å². The third-order valence-electron chi connectivity index (χ3n) is 3.77. The number of thioether (sulfide) groups is 1. The topological polar surface area (TPSA) is 72.2 Å². The monoisotopic (exact) mass is 334 g/mol. The van der Waals surface area contributed by atoms with Gasteiger partial charge in [-0.05, 0) is 49.3 Å². The van der Waals surface area contributed by atoms with Crippen LogP contribution in [0.5, 0.6) is 0 Å². The molecule has 4 nitrogen and oxygen atoms in total. The third kappa shape index (κ3) is 3.31. The summed E-state index contributed by atoms with van der Waals surface area (Å²) in [6, 6.07) is 3.19. The summed E-state index contributed by atoms with van der Waals surface area (Å²) in [5, 5.41) is 0.391. The molecule has 0 heterocycles. The average Bonchev–Trinajstić information content (AvgIpc) is 3.19. The van der Waals surface area contributed by atoms with E-state index in [0.717, 1.165) is 18.4 Å². The Morgan fingerprint density at radius 2 is 2.10 bits per heavy atom. The predicted octanol–water partition coefficient (Wildman–Crippen LogP) is 2.28. The van der Waals surface area contributed by atoms with E-state index in [2.05, 4.69) is 4.72 Å². The summed E-state index contributed by atoms with van der Waals surface area (Å²) in [6.07, 6.45) is 4.12. The summed E-state index contributed by atoms with van der Waals surface area (Å²) in [5.41, 5.74) is 7.05. The molecule has 112 valence electrons. The van der Waals surface area contributed by atoms with Crippen LogP contribution in [0.3, 0.4) is 0 Å². The predicted molar refractivity (Wildman–Crippen MR) is 84.7 cm³/mol. The van der Waals surface area contributed by atoms with Crippen molar-refractivity contribution in [1.29, 1.82) is 0 Å². The van der Waals surface area contributed by atoms with Crippen LogP contribution in [0.1, 0.15) is 24.0 Å². The van der Waals surface area contributed by atoms with Crippen LogP contribution in [0, 0.1) is 6.92 Å².